The molecule has 0 aliphatic heterocycles. The van der Waals surface area contributed by atoms with Crippen LogP contribution in [0.5, 0.6) is 0 Å². The Morgan fingerprint density at radius 2 is 0.727 bits per heavy atom. The van der Waals surface area contributed by atoms with Gasteiger partial charge >= 0.3 is 24.1 Å². The molecule has 0 aliphatic carbocycles. The van der Waals surface area contributed by atoms with Crippen molar-refractivity contribution in [3.8, 4) is 0 Å². The van der Waals surface area contributed by atoms with E-state index in [0.29, 0.717) is 27.0 Å². The van der Waals surface area contributed by atoms with Crippen LogP contribution in [-0.4, -0.2) is 41.0 Å². The van der Waals surface area contributed by atoms with Gasteiger partial charge in [0.05, 0.1) is 9.79 Å². The highest BCUT2D eigenvalue weighted by atomic mass is 35.5. The molecular formula is C35H30Cl2N8O8S2. The van der Waals surface area contributed by atoms with Crippen LogP contribution in [-0.2, 0) is 20.0 Å². The lowest BCUT2D eigenvalue weighted by Gasteiger charge is -2.14. The van der Waals surface area contributed by atoms with Gasteiger partial charge in [-0.25, -0.2) is 45.5 Å². The van der Waals surface area contributed by atoms with Gasteiger partial charge in [0.15, 0.2) is 0 Å². The quantitative estimate of drug-likeness (QED) is 0.0696. The van der Waals surface area contributed by atoms with Crippen LogP contribution in [0, 0.1) is 6.92 Å². The van der Waals surface area contributed by atoms with Gasteiger partial charge < -0.3 is 31.9 Å². The van der Waals surface area contributed by atoms with Crippen molar-refractivity contribution in [2.75, 3.05) is 31.9 Å². The summed E-state index contributed by atoms with van der Waals surface area (Å²) in [6.45, 7) is 1.60. The van der Waals surface area contributed by atoms with Gasteiger partial charge in [-0.3, -0.25) is 0 Å². The molecule has 0 aromatic heterocycles. The molecule has 5 aromatic rings. The van der Waals surface area contributed by atoms with Crippen LogP contribution in [0.25, 0.3) is 0 Å². The molecule has 284 valence electrons. The van der Waals surface area contributed by atoms with E-state index in [4.69, 9.17) is 23.2 Å². The Kier molecular flexibility index (Phi) is 12.5. The number of carbonyl (C=O) groups is 4. The number of urea groups is 4. The molecule has 0 fully saturated rings. The maximum atomic E-state index is 12.9. The number of nitrogens with one attached hydrogen (secondary N) is 8. The molecule has 20 heteroatoms. The molecule has 0 aliphatic rings. The lowest BCUT2D eigenvalue weighted by Crippen LogP contribution is -2.35. The number of hydrogen-bond donors (Lipinski definition) is 8. The summed E-state index contributed by atoms with van der Waals surface area (Å²) in [5, 5.41) is 16.0. The van der Waals surface area contributed by atoms with Gasteiger partial charge in [0.25, 0.3) is 20.0 Å². The van der Waals surface area contributed by atoms with E-state index in [1.54, 1.807) is 55.5 Å². The van der Waals surface area contributed by atoms with E-state index in [2.05, 4.69) is 31.9 Å². The molecule has 8 N–H and O–H groups in total. The minimum absolute atomic E-state index is 0.0610. The molecule has 5 aromatic carbocycles. The molecule has 0 atom stereocenters. The van der Waals surface area contributed by atoms with E-state index in [0.717, 1.165) is 0 Å². The summed E-state index contributed by atoms with van der Waals surface area (Å²) in [6, 6.07) is 23.6. The average molecular weight is 826 g/mol. The first-order chi connectivity index (χ1) is 26.0. The number of anilines is 6. The number of carbonyl (C=O) groups excluding carboxylic acids is 4. The first-order valence-corrected chi connectivity index (χ1v) is 19.4. The average Bonchev–Trinajstić information content (AvgIpc) is 3.11. The molecule has 16 nitrogen and oxygen atoms in total. The third-order valence-electron chi connectivity index (χ3n) is 7.25. The predicted molar refractivity (Wildman–Crippen MR) is 211 cm³/mol. The van der Waals surface area contributed by atoms with Gasteiger partial charge in [-0.05, 0) is 122 Å². The van der Waals surface area contributed by atoms with Crippen LogP contribution in [0.15, 0.2) is 125 Å². The Morgan fingerprint density at radius 1 is 0.418 bits per heavy atom. The zero-order valence-electron chi connectivity index (χ0n) is 28.3. The number of hydrogen-bond acceptors (Lipinski definition) is 8. The van der Waals surface area contributed by atoms with Crippen molar-refractivity contribution in [2.45, 2.75) is 16.7 Å². The predicted octanol–water partition coefficient (Wildman–Crippen LogP) is 7.61. The number of benzene rings is 5. The largest absolute Gasteiger partial charge is 0.333 e. The van der Waals surface area contributed by atoms with Crippen LogP contribution in [0.2, 0.25) is 10.0 Å². The van der Waals surface area contributed by atoms with E-state index in [9.17, 15) is 36.0 Å². The molecule has 55 heavy (non-hydrogen) atoms. The summed E-state index contributed by atoms with van der Waals surface area (Å²) in [5.41, 5.74) is 2.15. The van der Waals surface area contributed by atoms with E-state index >= 15 is 0 Å². The van der Waals surface area contributed by atoms with Crippen LogP contribution >= 0.6 is 23.2 Å². The van der Waals surface area contributed by atoms with Crippen molar-refractivity contribution in [1.29, 1.82) is 0 Å². The van der Waals surface area contributed by atoms with Crippen molar-refractivity contribution in [3.63, 3.8) is 0 Å². The summed E-state index contributed by atoms with van der Waals surface area (Å²) >= 11 is 11.7. The fraction of sp³-hybridized carbons (Fsp3) is 0.0286. The lowest BCUT2D eigenvalue weighted by atomic mass is 10.2. The maximum Gasteiger partial charge on any atom is 0.333 e. The molecule has 0 saturated carbocycles. The maximum absolute atomic E-state index is 12.9. The third kappa shape index (κ3) is 11.6. The summed E-state index contributed by atoms with van der Waals surface area (Å²) in [4.78, 5) is 49.4. The topological polar surface area (TPSA) is 233 Å². The summed E-state index contributed by atoms with van der Waals surface area (Å²) < 4.78 is 55.3. The molecule has 8 amide bonds. The second kappa shape index (κ2) is 17.2. The Bertz CT molecular complexity index is 2450. The van der Waals surface area contributed by atoms with Gasteiger partial charge in [0.1, 0.15) is 0 Å². The van der Waals surface area contributed by atoms with E-state index in [1.807, 2.05) is 9.44 Å². The molecule has 0 unspecified atom stereocenters. The van der Waals surface area contributed by atoms with Crippen LogP contribution in [0.4, 0.5) is 53.3 Å². The van der Waals surface area contributed by atoms with Crippen molar-refractivity contribution < 1.29 is 36.0 Å². The van der Waals surface area contributed by atoms with Gasteiger partial charge in [-0.1, -0.05) is 29.3 Å². The van der Waals surface area contributed by atoms with Crippen molar-refractivity contribution in [3.05, 3.63) is 131 Å². The SMILES string of the molecule is Cc1ccc(NC(=O)NS(=O)(=O)c2ccc(NC(=O)Nc3ccc(Cl)cc3)cc2)cc1NC(=O)NS(=O)(=O)c1ccc(NC(=O)Nc2ccc(Cl)cc2)cc1. The second-order valence-electron chi connectivity index (χ2n) is 11.4. The first-order valence-electron chi connectivity index (χ1n) is 15.7. The van der Waals surface area contributed by atoms with Crippen molar-refractivity contribution in [2.24, 2.45) is 0 Å². The molecule has 0 bridgehead atoms. The first kappa shape index (κ1) is 39.9. The molecule has 5 rings (SSSR count). The monoisotopic (exact) mass is 824 g/mol. The Hall–Kier alpha value is -6.34. The Morgan fingerprint density at radius 3 is 1.11 bits per heavy atom. The number of halogens is 2. The fourth-order valence-electron chi connectivity index (χ4n) is 4.59. The number of sulfonamides is 2. The van der Waals surface area contributed by atoms with Crippen LogP contribution < -0.4 is 41.3 Å². The molecule has 0 spiro atoms. The number of amides is 8. The van der Waals surface area contributed by atoms with E-state index in [-0.39, 0.29) is 32.5 Å². The molecule has 0 radical (unpaired) electrons. The van der Waals surface area contributed by atoms with Crippen molar-refractivity contribution in [1.82, 2.24) is 9.44 Å². The summed E-state index contributed by atoms with van der Waals surface area (Å²) in [5.74, 6) is 0. The Labute approximate surface area is 325 Å². The van der Waals surface area contributed by atoms with E-state index < -0.39 is 44.2 Å². The third-order valence-corrected chi connectivity index (χ3v) is 10.4. The van der Waals surface area contributed by atoms with Gasteiger partial charge in [-0.2, -0.15) is 0 Å². The normalized spacial score (nSPS) is 11.0. The van der Waals surface area contributed by atoms with Crippen molar-refractivity contribution >= 4 is 101 Å². The number of aryl methyl sites for hydroxylation is 1. The zero-order chi connectivity index (χ0) is 39.8. The number of rotatable bonds is 10. The standard InChI is InChI=1S/C35H30Cl2N8O8S2/c1-21-2-7-28(42-34(48)44-54(50,51)29-16-12-26(13-17-29)40-32(46)38-24-8-3-22(36)4-9-24)20-31(21)43-35(49)45-55(52,53)30-18-14-27(15-19-30)41-33(47)39-25-10-5-23(37)6-11-25/h2-20H,1H3,(H2,38,40,46)(H2,39,41,47)(H2,42,44,48)(H2,43,45,49). The second-order valence-corrected chi connectivity index (χ2v) is 15.6. The van der Waals surface area contributed by atoms with Crippen LogP contribution in [0.3, 0.4) is 0 Å². The van der Waals surface area contributed by atoms with E-state index in [1.165, 1.54) is 66.7 Å². The zero-order valence-corrected chi connectivity index (χ0v) is 31.5. The van der Waals surface area contributed by atoms with Gasteiger partial charge in [-0.15, -0.1) is 0 Å². The lowest BCUT2D eigenvalue weighted by molar-refractivity contribution is 0.255. The highest BCUT2D eigenvalue weighted by Crippen LogP contribution is 2.22. The molecule has 0 heterocycles. The minimum atomic E-state index is -4.37. The van der Waals surface area contributed by atoms with Crippen LogP contribution in [0.1, 0.15) is 5.56 Å². The molecular weight excluding hydrogens is 795 g/mol. The highest BCUT2D eigenvalue weighted by molar-refractivity contribution is 7.90. The van der Waals surface area contributed by atoms with Gasteiger partial charge in [0, 0.05) is 44.2 Å². The minimum Gasteiger partial charge on any atom is -0.308 e. The summed E-state index contributed by atoms with van der Waals surface area (Å²) in [6.07, 6.45) is 0. The fourth-order valence-corrected chi connectivity index (χ4v) is 6.66. The smallest absolute Gasteiger partial charge is 0.308 e. The highest BCUT2D eigenvalue weighted by Gasteiger charge is 2.20. The molecule has 0 saturated heterocycles. The summed E-state index contributed by atoms with van der Waals surface area (Å²) in [7, 11) is -8.73. The van der Waals surface area contributed by atoms with Gasteiger partial charge in [0.2, 0.25) is 0 Å². The Balaban J connectivity index is 1.12.